The largest absolute Gasteiger partial charge is 0.493 e. The maximum absolute atomic E-state index is 13.2. The van der Waals surface area contributed by atoms with Gasteiger partial charge < -0.3 is 19.3 Å². The lowest BCUT2D eigenvalue weighted by molar-refractivity contribution is 0.0696. The first-order valence-corrected chi connectivity index (χ1v) is 10.6. The summed E-state index contributed by atoms with van der Waals surface area (Å²) in [6.07, 6.45) is 3.29. The predicted molar refractivity (Wildman–Crippen MR) is 124 cm³/mol. The summed E-state index contributed by atoms with van der Waals surface area (Å²) in [7, 11) is 2.95. The average Bonchev–Trinajstić information content (AvgIpc) is 2.81. The van der Waals surface area contributed by atoms with Crippen molar-refractivity contribution in [2.45, 2.75) is 12.8 Å². The van der Waals surface area contributed by atoms with Gasteiger partial charge in [-0.1, -0.05) is 35.3 Å². The van der Waals surface area contributed by atoms with Crippen molar-refractivity contribution in [2.24, 2.45) is 0 Å². The number of aromatic nitrogens is 1. The highest BCUT2D eigenvalue weighted by atomic mass is 35.5. The number of methoxy groups -OCH3 is 2. The number of pyridine rings is 1. The molecule has 3 aromatic rings. The van der Waals surface area contributed by atoms with Crippen LogP contribution in [0.1, 0.15) is 31.8 Å². The van der Waals surface area contributed by atoms with Crippen LogP contribution in [-0.4, -0.2) is 42.7 Å². The summed E-state index contributed by atoms with van der Waals surface area (Å²) in [4.78, 5) is 28.1. The Bertz CT molecular complexity index is 1140. The van der Waals surface area contributed by atoms with Gasteiger partial charge in [-0.25, -0.2) is 4.79 Å². The summed E-state index contributed by atoms with van der Waals surface area (Å²) >= 11 is 12.4. The molecule has 9 heteroatoms. The number of Topliss-reactive ketones (excluding diaryl/α,β-unsaturated/α-hetero) is 1. The zero-order valence-electron chi connectivity index (χ0n) is 17.9. The van der Waals surface area contributed by atoms with Crippen molar-refractivity contribution in [3.63, 3.8) is 0 Å². The van der Waals surface area contributed by atoms with Crippen LogP contribution >= 0.6 is 23.2 Å². The number of carbonyl (C=O) groups is 2. The molecule has 0 radical (unpaired) electrons. The molecule has 0 spiro atoms. The quantitative estimate of drug-likeness (QED) is 0.393. The van der Waals surface area contributed by atoms with E-state index in [1.807, 2.05) is 0 Å². The molecule has 0 aliphatic rings. The van der Waals surface area contributed by atoms with Crippen molar-refractivity contribution in [3.05, 3.63) is 81.1 Å². The van der Waals surface area contributed by atoms with Gasteiger partial charge in [0.15, 0.2) is 17.3 Å². The van der Waals surface area contributed by atoms with E-state index in [0.717, 1.165) is 5.56 Å². The first kappa shape index (κ1) is 24.4. The smallest absolute Gasteiger partial charge is 0.335 e. The highest BCUT2D eigenvalue weighted by molar-refractivity contribution is 6.36. The van der Waals surface area contributed by atoms with E-state index in [2.05, 4.69) is 4.98 Å². The molecule has 0 saturated carbocycles. The normalized spacial score (nSPS) is 10.5. The molecule has 3 rings (SSSR count). The van der Waals surface area contributed by atoms with Crippen LogP contribution in [0.3, 0.4) is 0 Å². The van der Waals surface area contributed by atoms with Gasteiger partial charge in [-0.3, -0.25) is 9.78 Å². The van der Waals surface area contributed by atoms with Crippen LogP contribution in [0.5, 0.6) is 17.2 Å². The van der Waals surface area contributed by atoms with Gasteiger partial charge >= 0.3 is 5.97 Å². The van der Waals surface area contributed by atoms with Crippen molar-refractivity contribution in [1.82, 2.24) is 4.98 Å². The van der Waals surface area contributed by atoms with Crippen LogP contribution < -0.4 is 14.2 Å². The standard InChI is InChI=1S/C24H21Cl2NO6/c1-31-21-8-7-16(20(28)11-17-18(25)12-27-13-19(17)26)22(23(21)32-2)33-10-9-14-3-5-15(6-4-14)24(29)30/h3-8,12-13H,9-11H2,1-2H3,(H,29,30). The molecule has 7 nitrogen and oxygen atoms in total. The maximum Gasteiger partial charge on any atom is 0.335 e. The second-order valence-electron chi connectivity index (χ2n) is 6.96. The number of halogens is 2. The van der Waals surface area contributed by atoms with E-state index in [-0.39, 0.29) is 41.4 Å². The van der Waals surface area contributed by atoms with Crippen LogP contribution in [0.2, 0.25) is 10.0 Å². The van der Waals surface area contributed by atoms with Crippen molar-refractivity contribution < 1.29 is 28.9 Å². The number of carbonyl (C=O) groups excluding carboxylic acids is 1. The third kappa shape index (κ3) is 5.74. The number of ether oxygens (including phenoxy) is 3. The van der Waals surface area contributed by atoms with Crippen LogP contribution in [-0.2, 0) is 12.8 Å². The van der Waals surface area contributed by atoms with E-state index in [0.29, 0.717) is 27.8 Å². The molecule has 0 saturated heterocycles. The van der Waals surface area contributed by atoms with Crippen LogP contribution in [0, 0.1) is 0 Å². The number of ketones is 1. The molecule has 0 fully saturated rings. The fraction of sp³-hybridized carbons (Fsp3) is 0.208. The molecule has 33 heavy (non-hydrogen) atoms. The topological polar surface area (TPSA) is 95.0 Å². The number of carboxylic acid groups (broad SMARTS) is 1. The van der Waals surface area contributed by atoms with Gasteiger partial charge in [-0.05, 0) is 29.8 Å². The van der Waals surface area contributed by atoms with Crippen molar-refractivity contribution in [2.75, 3.05) is 20.8 Å². The Morgan fingerprint density at radius 1 is 0.939 bits per heavy atom. The summed E-state index contributed by atoms with van der Waals surface area (Å²) in [5.74, 6) is -0.320. The van der Waals surface area contributed by atoms with E-state index in [1.165, 1.54) is 38.7 Å². The predicted octanol–water partition coefficient (Wildman–Crippen LogP) is 5.15. The molecule has 172 valence electrons. The molecule has 0 atom stereocenters. The molecule has 0 bridgehead atoms. The maximum atomic E-state index is 13.2. The highest BCUT2D eigenvalue weighted by Crippen LogP contribution is 2.41. The molecule has 0 aliphatic heterocycles. The first-order valence-electron chi connectivity index (χ1n) is 9.86. The SMILES string of the molecule is COc1ccc(C(=O)Cc2c(Cl)cncc2Cl)c(OCCc2ccc(C(=O)O)cc2)c1OC. The van der Waals surface area contributed by atoms with E-state index in [9.17, 15) is 9.59 Å². The van der Waals surface area contributed by atoms with Crippen LogP contribution in [0.25, 0.3) is 0 Å². The lowest BCUT2D eigenvalue weighted by Gasteiger charge is -2.17. The Kier molecular flexibility index (Phi) is 8.14. The van der Waals surface area contributed by atoms with E-state index in [4.69, 9.17) is 42.5 Å². The summed E-state index contributed by atoms with van der Waals surface area (Å²) in [6, 6.07) is 9.72. The number of carboxylic acids is 1. The zero-order chi connectivity index (χ0) is 24.0. The minimum Gasteiger partial charge on any atom is -0.493 e. The molecule has 0 aliphatic carbocycles. The minimum absolute atomic E-state index is 0.0529. The Hall–Kier alpha value is -3.29. The third-order valence-corrected chi connectivity index (χ3v) is 5.58. The lowest BCUT2D eigenvalue weighted by atomic mass is 10.0. The van der Waals surface area contributed by atoms with Gasteiger partial charge in [0.1, 0.15) is 0 Å². The fourth-order valence-corrected chi connectivity index (χ4v) is 3.71. The number of hydrogen-bond donors (Lipinski definition) is 1. The summed E-state index contributed by atoms with van der Waals surface area (Å²) in [5.41, 5.74) is 1.84. The molecular formula is C24H21Cl2NO6. The van der Waals surface area contributed by atoms with Gasteiger partial charge in [0.05, 0.1) is 42.0 Å². The monoisotopic (exact) mass is 489 g/mol. The summed E-state index contributed by atoms with van der Waals surface area (Å²) in [6.45, 7) is 0.215. The van der Waals surface area contributed by atoms with Gasteiger partial charge in [0.2, 0.25) is 5.75 Å². The van der Waals surface area contributed by atoms with Crippen LogP contribution in [0.4, 0.5) is 0 Å². The first-order chi connectivity index (χ1) is 15.8. The Morgan fingerprint density at radius 3 is 2.18 bits per heavy atom. The van der Waals surface area contributed by atoms with Gasteiger partial charge in [0.25, 0.3) is 0 Å². The van der Waals surface area contributed by atoms with Gasteiger partial charge in [0, 0.05) is 30.8 Å². The Morgan fingerprint density at radius 2 is 1.61 bits per heavy atom. The lowest BCUT2D eigenvalue weighted by Crippen LogP contribution is -2.11. The van der Waals surface area contributed by atoms with E-state index < -0.39 is 5.97 Å². The van der Waals surface area contributed by atoms with E-state index >= 15 is 0 Å². The van der Waals surface area contributed by atoms with Crippen molar-refractivity contribution in [1.29, 1.82) is 0 Å². The number of nitrogens with zero attached hydrogens (tertiary/aromatic N) is 1. The highest BCUT2D eigenvalue weighted by Gasteiger charge is 2.23. The number of benzene rings is 2. The summed E-state index contributed by atoms with van der Waals surface area (Å²) in [5, 5.41) is 9.62. The molecule has 1 heterocycles. The molecule has 1 N–H and O–H groups in total. The number of hydrogen-bond acceptors (Lipinski definition) is 6. The van der Waals surface area contributed by atoms with Crippen LogP contribution in [0.15, 0.2) is 48.8 Å². The second-order valence-corrected chi connectivity index (χ2v) is 7.77. The van der Waals surface area contributed by atoms with E-state index in [1.54, 1.807) is 24.3 Å². The minimum atomic E-state index is -0.989. The van der Waals surface area contributed by atoms with Crippen molar-refractivity contribution >= 4 is 35.0 Å². The Balaban J connectivity index is 1.85. The van der Waals surface area contributed by atoms with Crippen molar-refractivity contribution in [3.8, 4) is 17.2 Å². The summed E-state index contributed by atoms with van der Waals surface area (Å²) < 4.78 is 16.8. The number of aromatic carboxylic acids is 1. The zero-order valence-corrected chi connectivity index (χ0v) is 19.4. The molecule has 2 aromatic carbocycles. The molecule has 0 unspecified atom stereocenters. The second kappa shape index (κ2) is 11.0. The molecular weight excluding hydrogens is 469 g/mol. The third-order valence-electron chi connectivity index (χ3n) is 4.93. The van der Waals surface area contributed by atoms with Gasteiger partial charge in [-0.15, -0.1) is 0 Å². The molecule has 1 aromatic heterocycles. The van der Waals surface area contributed by atoms with Gasteiger partial charge in [-0.2, -0.15) is 0 Å². The average molecular weight is 490 g/mol. The fourth-order valence-electron chi connectivity index (χ4n) is 3.21. The Labute approximate surface area is 200 Å². The molecule has 0 amide bonds. The number of rotatable bonds is 10.